The summed E-state index contributed by atoms with van der Waals surface area (Å²) in [5.41, 5.74) is 2.84. The summed E-state index contributed by atoms with van der Waals surface area (Å²) in [7, 11) is 0. The molecule has 0 aliphatic heterocycles. The van der Waals surface area contributed by atoms with Crippen LogP contribution in [0.2, 0.25) is 0 Å². The third-order valence-corrected chi connectivity index (χ3v) is 4.76. The Morgan fingerprint density at radius 2 is 1.70 bits per heavy atom. The van der Waals surface area contributed by atoms with E-state index in [1.54, 1.807) is 54.6 Å². The number of hydrogen-bond donors (Lipinski definition) is 2. The predicted molar refractivity (Wildman–Crippen MR) is 117 cm³/mol. The lowest BCUT2D eigenvalue weighted by Gasteiger charge is -2.08. The van der Waals surface area contributed by atoms with Crippen LogP contribution in [0.3, 0.4) is 0 Å². The molecule has 0 spiro atoms. The molecule has 8 heteroatoms. The molecule has 152 valence electrons. The summed E-state index contributed by atoms with van der Waals surface area (Å²) in [4.78, 5) is 29.4. The summed E-state index contributed by atoms with van der Waals surface area (Å²) in [5.74, 6) is 0.282. The second kappa shape index (κ2) is 8.16. The first-order valence-corrected chi connectivity index (χ1v) is 10.1. The number of furan rings is 1. The van der Waals surface area contributed by atoms with Crippen molar-refractivity contribution in [2.45, 2.75) is 19.8 Å². The highest BCUT2D eigenvalue weighted by atomic mass is 79.9. The van der Waals surface area contributed by atoms with Crippen LogP contribution in [0, 0.1) is 0 Å². The van der Waals surface area contributed by atoms with Gasteiger partial charge < -0.3 is 19.5 Å². The lowest BCUT2D eigenvalue weighted by molar-refractivity contribution is 0.0992. The Morgan fingerprint density at radius 1 is 0.933 bits per heavy atom. The summed E-state index contributed by atoms with van der Waals surface area (Å²) < 4.78 is 11.4. The van der Waals surface area contributed by atoms with Gasteiger partial charge in [0.25, 0.3) is 11.8 Å². The number of oxazole rings is 1. The molecule has 4 aromatic rings. The largest absolute Gasteiger partial charge is 0.444 e. The lowest BCUT2D eigenvalue weighted by atomic mass is 10.1. The summed E-state index contributed by atoms with van der Waals surface area (Å²) in [6.07, 6.45) is 0. The van der Waals surface area contributed by atoms with Gasteiger partial charge in [-0.2, -0.15) is 0 Å². The molecular weight excluding hydrogens is 450 g/mol. The fraction of sp³-hybridized carbons (Fsp3) is 0.136. The SMILES string of the molecule is CC(C)c1nc2cc(NC(=O)c3cccc(NC(=O)c4ccc(Br)o4)c3)ccc2o1. The monoisotopic (exact) mass is 467 g/mol. The normalized spacial score (nSPS) is 11.1. The van der Waals surface area contributed by atoms with Crippen LogP contribution < -0.4 is 10.6 Å². The number of fused-ring (bicyclic) bond motifs is 1. The number of rotatable bonds is 5. The number of hydrogen-bond acceptors (Lipinski definition) is 5. The van der Waals surface area contributed by atoms with Crippen molar-refractivity contribution in [3.8, 4) is 0 Å². The predicted octanol–water partition coefficient (Wildman–Crippen LogP) is 5.81. The van der Waals surface area contributed by atoms with E-state index in [1.807, 2.05) is 13.8 Å². The standard InChI is InChI=1S/C22H18BrN3O4/c1-12(2)22-26-16-11-15(6-7-17(16)30-22)24-20(27)13-4-3-5-14(10-13)25-21(28)18-8-9-19(23)29-18/h3-12H,1-2H3,(H,24,27)(H,25,28). The molecule has 7 nitrogen and oxygen atoms in total. The molecule has 2 amide bonds. The van der Waals surface area contributed by atoms with Gasteiger partial charge in [-0.25, -0.2) is 4.98 Å². The first kappa shape index (κ1) is 19.9. The maximum absolute atomic E-state index is 12.7. The minimum Gasteiger partial charge on any atom is -0.444 e. The van der Waals surface area contributed by atoms with Gasteiger partial charge in [0.05, 0.1) is 0 Å². The third-order valence-electron chi connectivity index (χ3n) is 4.34. The molecule has 2 aromatic carbocycles. The zero-order valence-electron chi connectivity index (χ0n) is 16.2. The van der Waals surface area contributed by atoms with Crippen molar-refractivity contribution in [3.05, 3.63) is 76.5 Å². The summed E-state index contributed by atoms with van der Waals surface area (Å²) in [6, 6.07) is 15.1. The van der Waals surface area contributed by atoms with E-state index in [0.29, 0.717) is 38.6 Å². The van der Waals surface area contributed by atoms with Crippen molar-refractivity contribution >= 4 is 50.2 Å². The Balaban J connectivity index is 1.49. The molecule has 0 fully saturated rings. The molecule has 0 saturated heterocycles. The topological polar surface area (TPSA) is 97.4 Å². The summed E-state index contributed by atoms with van der Waals surface area (Å²) in [5, 5.41) is 5.56. The summed E-state index contributed by atoms with van der Waals surface area (Å²) >= 11 is 3.16. The van der Waals surface area contributed by atoms with Crippen molar-refractivity contribution in [1.29, 1.82) is 0 Å². The maximum atomic E-state index is 12.7. The highest BCUT2D eigenvalue weighted by Crippen LogP contribution is 2.24. The molecule has 2 heterocycles. The van der Waals surface area contributed by atoms with Crippen molar-refractivity contribution in [2.75, 3.05) is 10.6 Å². The number of carbonyl (C=O) groups is 2. The van der Waals surface area contributed by atoms with Gasteiger partial charge in [0.2, 0.25) is 0 Å². The van der Waals surface area contributed by atoms with Gasteiger partial charge in [-0.1, -0.05) is 19.9 Å². The van der Waals surface area contributed by atoms with Crippen molar-refractivity contribution in [3.63, 3.8) is 0 Å². The number of nitrogens with zero attached hydrogens (tertiary/aromatic N) is 1. The smallest absolute Gasteiger partial charge is 0.291 e. The fourth-order valence-corrected chi connectivity index (χ4v) is 3.15. The van der Waals surface area contributed by atoms with Gasteiger partial charge >= 0.3 is 0 Å². The van der Waals surface area contributed by atoms with Crippen LogP contribution in [0.25, 0.3) is 11.1 Å². The number of carbonyl (C=O) groups excluding carboxylic acids is 2. The number of anilines is 2. The molecule has 0 radical (unpaired) electrons. The Morgan fingerprint density at radius 3 is 2.43 bits per heavy atom. The zero-order chi connectivity index (χ0) is 21.3. The molecule has 30 heavy (non-hydrogen) atoms. The number of amides is 2. The molecule has 0 unspecified atom stereocenters. The maximum Gasteiger partial charge on any atom is 0.291 e. The quantitative estimate of drug-likeness (QED) is 0.385. The highest BCUT2D eigenvalue weighted by molar-refractivity contribution is 9.10. The van der Waals surface area contributed by atoms with Crippen LogP contribution in [0.5, 0.6) is 0 Å². The first-order chi connectivity index (χ1) is 14.4. The van der Waals surface area contributed by atoms with Crippen LogP contribution in [-0.4, -0.2) is 16.8 Å². The second-order valence-electron chi connectivity index (χ2n) is 6.98. The molecule has 0 atom stereocenters. The molecule has 2 N–H and O–H groups in total. The Hall–Kier alpha value is -3.39. The van der Waals surface area contributed by atoms with E-state index in [1.165, 1.54) is 0 Å². The van der Waals surface area contributed by atoms with Crippen molar-refractivity contribution in [2.24, 2.45) is 0 Å². The van der Waals surface area contributed by atoms with Crippen molar-refractivity contribution in [1.82, 2.24) is 4.98 Å². The van der Waals surface area contributed by atoms with Gasteiger partial charge in [0, 0.05) is 22.9 Å². The molecule has 2 aromatic heterocycles. The van der Waals surface area contributed by atoms with E-state index in [-0.39, 0.29) is 17.6 Å². The summed E-state index contributed by atoms with van der Waals surface area (Å²) in [6.45, 7) is 4.01. The fourth-order valence-electron chi connectivity index (χ4n) is 2.84. The molecular formula is C22H18BrN3O4. The molecule has 4 rings (SSSR count). The van der Waals surface area contributed by atoms with Gasteiger partial charge in [-0.3, -0.25) is 9.59 Å². The van der Waals surface area contributed by atoms with Crippen LogP contribution in [0.4, 0.5) is 11.4 Å². The highest BCUT2D eigenvalue weighted by Gasteiger charge is 2.14. The van der Waals surface area contributed by atoms with Crippen LogP contribution >= 0.6 is 15.9 Å². The van der Waals surface area contributed by atoms with Crippen LogP contribution in [0.1, 0.15) is 46.6 Å². The molecule has 0 saturated carbocycles. The number of benzene rings is 2. The first-order valence-electron chi connectivity index (χ1n) is 9.27. The van der Waals surface area contributed by atoms with E-state index in [0.717, 1.165) is 0 Å². The molecule has 0 aliphatic carbocycles. The van der Waals surface area contributed by atoms with E-state index in [9.17, 15) is 9.59 Å². The zero-order valence-corrected chi connectivity index (χ0v) is 17.8. The third kappa shape index (κ3) is 4.28. The van der Waals surface area contributed by atoms with E-state index < -0.39 is 5.91 Å². The average molecular weight is 468 g/mol. The van der Waals surface area contributed by atoms with Crippen LogP contribution in [-0.2, 0) is 0 Å². The number of halogens is 1. The lowest BCUT2D eigenvalue weighted by Crippen LogP contribution is -2.14. The minimum absolute atomic E-state index is 0.165. The second-order valence-corrected chi connectivity index (χ2v) is 7.76. The van der Waals surface area contributed by atoms with Crippen molar-refractivity contribution < 1.29 is 18.4 Å². The Labute approximate surface area is 180 Å². The number of aromatic nitrogens is 1. The molecule has 0 bridgehead atoms. The van der Waals surface area contributed by atoms with E-state index >= 15 is 0 Å². The van der Waals surface area contributed by atoms with Crippen LogP contribution in [0.15, 0.2) is 68.1 Å². The average Bonchev–Trinajstić information content (AvgIpc) is 3.34. The minimum atomic E-state index is -0.407. The van der Waals surface area contributed by atoms with Gasteiger partial charge in [0.15, 0.2) is 21.9 Å². The Bertz CT molecular complexity index is 1240. The van der Waals surface area contributed by atoms with Gasteiger partial charge in [-0.05, 0) is 64.5 Å². The number of nitrogens with one attached hydrogen (secondary N) is 2. The van der Waals surface area contributed by atoms with E-state index in [2.05, 4.69) is 31.5 Å². The molecule has 0 aliphatic rings. The van der Waals surface area contributed by atoms with Gasteiger partial charge in [-0.15, -0.1) is 0 Å². The van der Waals surface area contributed by atoms with Gasteiger partial charge in [0.1, 0.15) is 5.52 Å². The van der Waals surface area contributed by atoms with E-state index in [4.69, 9.17) is 8.83 Å². The Kier molecular flexibility index (Phi) is 5.41.